The molecule has 6 heteroatoms. The van der Waals surface area contributed by atoms with E-state index in [1.54, 1.807) is 6.20 Å². The molecule has 156 valence electrons. The normalized spacial score (nSPS) is 16.8. The van der Waals surface area contributed by atoms with E-state index in [-0.39, 0.29) is 0 Å². The van der Waals surface area contributed by atoms with Gasteiger partial charge in [0.1, 0.15) is 11.6 Å². The molecule has 1 atom stereocenters. The average Bonchev–Trinajstić information content (AvgIpc) is 3.41. The van der Waals surface area contributed by atoms with Crippen LogP contribution in [0, 0.1) is 12.8 Å². The Balaban J connectivity index is 1.38. The number of guanidine groups is 1. The van der Waals surface area contributed by atoms with Crippen LogP contribution in [0.4, 0.5) is 0 Å². The van der Waals surface area contributed by atoms with E-state index in [1.807, 2.05) is 30.0 Å². The van der Waals surface area contributed by atoms with Gasteiger partial charge in [-0.05, 0) is 49.8 Å². The first-order valence-electron chi connectivity index (χ1n) is 10.8. The number of nitrogens with zero attached hydrogens (tertiary/aromatic N) is 5. The van der Waals surface area contributed by atoms with Gasteiger partial charge in [-0.3, -0.25) is 4.57 Å². The minimum atomic E-state index is 0.623. The first-order chi connectivity index (χ1) is 14.7. The summed E-state index contributed by atoms with van der Waals surface area (Å²) in [5, 5.41) is 3.46. The van der Waals surface area contributed by atoms with Crippen molar-refractivity contribution in [1.82, 2.24) is 24.8 Å². The van der Waals surface area contributed by atoms with Crippen molar-refractivity contribution in [3.8, 4) is 5.82 Å². The van der Waals surface area contributed by atoms with E-state index in [2.05, 4.69) is 63.5 Å². The third-order valence-corrected chi connectivity index (χ3v) is 5.58. The highest BCUT2D eigenvalue weighted by Crippen LogP contribution is 2.21. The van der Waals surface area contributed by atoms with Gasteiger partial charge in [-0.1, -0.05) is 36.4 Å². The summed E-state index contributed by atoms with van der Waals surface area (Å²) in [4.78, 5) is 16.1. The molecule has 0 aliphatic carbocycles. The van der Waals surface area contributed by atoms with Gasteiger partial charge in [0.2, 0.25) is 0 Å². The van der Waals surface area contributed by atoms with Crippen LogP contribution in [-0.2, 0) is 13.0 Å². The van der Waals surface area contributed by atoms with Crippen molar-refractivity contribution >= 4 is 5.96 Å². The Morgan fingerprint density at radius 1 is 1.13 bits per heavy atom. The van der Waals surface area contributed by atoms with Crippen LogP contribution in [0.3, 0.4) is 0 Å². The lowest BCUT2D eigenvalue weighted by molar-refractivity contribution is 0.460. The Kier molecular flexibility index (Phi) is 6.42. The number of aromatic nitrogens is 3. The van der Waals surface area contributed by atoms with Gasteiger partial charge in [0.25, 0.3) is 0 Å². The van der Waals surface area contributed by atoms with E-state index in [4.69, 9.17) is 4.99 Å². The molecule has 1 unspecified atom stereocenters. The summed E-state index contributed by atoms with van der Waals surface area (Å²) < 4.78 is 1.98. The molecule has 3 aromatic rings. The molecule has 1 saturated heterocycles. The molecule has 0 spiro atoms. The topological polar surface area (TPSA) is 58.3 Å². The van der Waals surface area contributed by atoms with Crippen LogP contribution in [0.5, 0.6) is 0 Å². The zero-order valence-electron chi connectivity index (χ0n) is 17.8. The second-order valence-corrected chi connectivity index (χ2v) is 7.83. The molecule has 4 rings (SSSR count). The Labute approximate surface area is 178 Å². The van der Waals surface area contributed by atoms with E-state index >= 15 is 0 Å². The molecular weight excluding hydrogens is 372 g/mol. The van der Waals surface area contributed by atoms with Crippen molar-refractivity contribution in [1.29, 1.82) is 0 Å². The van der Waals surface area contributed by atoms with Gasteiger partial charge >= 0.3 is 0 Å². The number of aliphatic imine (C=N–C) groups is 1. The molecule has 0 saturated carbocycles. The smallest absolute Gasteiger partial charge is 0.194 e. The number of rotatable bonds is 6. The molecule has 1 fully saturated rings. The summed E-state index contributed by atoms with van der Waals surface area (Å²) in [5.74, 6) is 3.49. The maximum atomic E-state index is 4.89. The zero-order valence-corrected chi connectivity index (χ0v) is 17.8. The van der Waals surface area contributed by atoms with Crippen LogP contribution in [0.1, 0.15) is 30.3 Å². The van der Waals surface area contributed by atoms with Crippen LogP contribution < -0.4 is 5.32 Å². The van der Waals surface area contributed by atoms with Crippen molar-refractivity contribution in [2.45, 2.75) is 33.2 Å². The number of aryl methyl sites for hydroxylation is 1. The SMILES string of the molecule is CCNC(=NCc1ccc(-n2ccnc2C)nc1)N1CCC(Cc2ccccc2)C1. The highest BCUT2D eigenvalue weighted by Gasteiger charge is 2.24. The Hall–Kier alpha value is -3.15. The van der Waals surface area contributed by atoms with Crippen molar-refractivity contribution in [3.05, 3.63) is 78.0 Å². The van der Waals surface area contributed by atoms with Gasteiger partial charge in [0, 0.05) is 38.2 Å². The lowest BCUT2D eigenvalue weighted by Crippen LogP contribution is -2.40. The van der Waals surface area contributed by atoms with Gasteiger partial charge < -0.3 is 10.2 Å². The minimum Gasteiger partial charge on any atom is -0.357 e. The van der Waals surface area contributed by atoms with Crippen molar-refractivity contribution in [3.63, 3.8) is 0 Å². The maximum absolute atomic E-state index is 4.89. The van der Waals surface area contributed by atoms with E-state index < -0.39 is 0 Å². The van der Waals surface area contributed by atoms with Crippen LogP contribution in [-0.4, -0.2) is 45.0 Å². The van der Waals surface area contributed by atoms with Gasteiger partial charge in [-0.15, -0.1) is 0 Å². The van der Waals surface area contributed by atoms with Gasteiger partial charge in [-0.2, -0.15) is 0 Å². The first kappa shape index (κ1) is 20.1. The summed E-state index contributed by atoms with van der Waals surface area (Å²) in [6, 6.07) is 14.9. The molecule has 3 heterocycles. The summed E-state index contributed by atoms with van der Waals surface area (Å²) in [6.07, 6.45) is 7.97. The standard InChI is InChI=1S/C24H30N6/c1-3-25-24(29-13-11-21(18-29)15-20-7-5-4-6-8-20)28-17-22-9-10-23(27-16-22)30-14-12-26-19(30)2/h4-10,12,14,16,21H,3,11,13,15,17-18H2,1-2H3,(H,25,28). The number of benzene rings is 1. The molecule has 1 aliphatic heterocycles. The molecule has 1 aromatic carbocycles. The van der Waals surface area contributed by atoms with Crippen LogP contribution in [0.15, 0.2) is 66.0 Å². The monoisotopic (exact) mass is 402 g/mol. The summed E-state index contributed by atoms with van der Waals surface area (Å²) in [7, 11) is 0. The molecule has 2 aromatic heterocycles. The molecule has 0 radical (unpaired) electrons. The van der Waals surface area contributed by atoms with Gasteiger partial charge in [0.15, 0.2) is 5.96 Å². The average molecular weight is 403 g/mol. The lowest BCUT2D eigenvalue weighted by atomic mass is 9.99. The van der Waals surface area contributed by atoms with E-state index in [9.17, 15) is 0 Å². The minimum absolute atomic E-state index is 0.623. The first-order valence-corrected chi connectivity index (χ1v) is 10.8. The van der Waals surface area contributed by atoms with E-state index in [0.29, 0.717) is 12.5 Å². The molecule has 1 N–H and O–H groups in total. The number of hydrogen-bond donors (Lipinski definition) is 1. The predicted octanol–water partition coefficient (Wildman–Crippen LogP) is 3.61. The fourth-order valence-corrected chi connectivity index (χ4v) is 4.00. The summed E-state index contributed by atoms with van der Waals surface area (Å²) in [5.41, 5.74) is 2.53. The number of imidazole rings is 1. The Morgan fingerprint density at radius 3 is 2.70 bits per heavy atom. The quantitative estimate of drug-likeness (QED) is 0.506. The lowest BCUT2D eigenvalue weighted by Gasteiger charge is -2.21. The van der Waals surface area contributed by atoms with Crippen molar-refractivity contribution in [2.75, 3.05) is 19.6 Å². The Bertz CT molecular complexity index is 961. The fraction of sp³-hybridized carbons (Fsp3) is 0.375. The predicted molar refractivity (Wildman–Crippen MR) is 121 cm³/mol. The second-order valence-electron chi connectivity index (χ2n) is 7.83. The molecule has 1 aliphatic rings. The highest BCUT2D eigenvalue weighted by atomic mass is 15.3. The van der Waals surface area contributed by atoms with Crippen molar-refractivity contribution < 1.29 is 0 Å². The molecular formula is C24H30N6. The molecule has 30 heavy (non-hydrogen) atoms. The Morgan fingerprint density at radius 2 is 2.00 bits per heavy atom. The largest absolute Gasteiger partial charge is 0.357 e. The summed E-state index contributed by atoms with van der Waals surface area (Å²) >= 11 is 0. The van der Waals surface area contributed by atoms with E-state index in [0.717, 1.165) is 49.2 Å². The number of nitrogens with one attached hydrogen (secondary N) is 1. The molecule has 6 nitrogen and oxygen atoms in total. The van der Waals surface area contributed by atoms with Gasteiger partial charge in [-0.25, -0.2) is 15.0 Å². The van der Waals surface area contributed by atoms with Crippen LogP contribution in [0.25, 0.3) is 5.82 Å². The number of pyridine rings is 1. The van der Waals surface area contributed by atoms with Crippen LogP contribution in [0.2, 0.25) is 0 Å². The number of hydrogen-bond acceptors (Lipinski definition) is 3. The third-order valence-electron chi connectivity index (χ3n) is 5.58. The van der Waals surface area contributed by atoms with Crippen molar-refractivity contribution in [2.24, 2.45) is 10.9 Å². The molecule has 0 amide bonds. The third kappa shape index (κ3) is 4.87. The highest BCUT2D eigenvalue weighted by molar-refractivity contribution is 5.80. The summed E-state index contributed by atoms with van der Waals surface area (Å²) in [6.45, 7) is 7.70. The second kappa shape index (κ2) is 9.57. The zero-order chi connectivity index (χ0) is 20.8. The fourth-order valence-electron chi connectivity index (χ4n) is 4.00. The molecule has 0 bridgehead atoms. The van der Waals surface area contributed by atoms with Crippen LogP contribution >= 0.6 is 0 Å². The number of likely N-dealkylation sites (tertiary alicyclic amines) is 1. The van der Waals surface area contributed by atoms with E-state index in [1.165, 1.54) is 12.0 Å². The maximum Gasteiger partial charge on any atom is 0.194 e. The van der Waals surface area contributed by atoms with Gasteiger partial charge in [0.05, 0.1) is 6.54 Å².